The van der Waals surface area contributed by atoms with Gasteiger partial charge in [-0.15, -0.1) is 0 Å². The lowest BCUT2D eigenvalue weighted by Crippen LogP contribution is -2.46. The van der Waals surface area contributed by atoms with Gasteiger partial charge >= 0.3 is 5.97 Å². The van der Waals surface area contributed by atoms with E-state index in [0.717, 1.165) is 6.42 Å². The molecule has 6 nitrogen and oxygen atoms in total. The predicted molar refractivity (Wildman–Crippen MR) is 99.8 cm³/mol. The van der Waals surface area contributed by atoms with Crippen molar-refractivity contribution in [3.8, 4) is 0 Å². The number of carbonyl (C=O) groups is 3. The van der Waals surface area contributed by atoms with Crippen LogP contribution in [0.2, 0.25) is 0 Å². The van der Waals surface area contributed by atoms with E-state index in [2.05, 4.69) is 6.92 Å². The Balaban J connectivity index is 1.99. The molecule has 1 fully saturated rings. The van der Waals surface area contributed by atoms with E-state index in [4.69, 9.17) is 9.15 Å². The van der Waals surface area contributed by atoms with Gasteiger partial charge in [-0.2, -0.15) is 0 Å². The predicted octanol–water partition coefficient (Wildman–Crippen LogP) is 3.29. The van der Waals surface area contributed by atoms with E-state index in [1.807, 2.05) is 20.8 Å². The molecule has 0 aromatic carbocycles. The number of ether oxygens (including phenoxy) is 1. The lowest BCUT2D eigenvalue weighted by molar-refractivity contribution is -0.159. The summed E-state index contributed by atoms with van der Waals surface area (Å²) < 4.78 is 11.2. The summed E-state index contributed by atoms with van der Waals surface area (Å²) in [6.45, 7) is 9.22. The molecular formula is C22H28O6. The van der Waals surface area contributed by atoms with Crippen molar-refractivity contribution in [2.24, 2.45) is 17.3 Å². The average Bonchev–Trinajstić information content (AvgIpc) is 3.11. The molecule has 0 unspecified atom stereocenters. The minimum atomic E-state index is -1.93. The van der Waals surface area contributed by atoms with E-state index in [-0.39, 0.29) is 28.8 Å². The highest BCUT2D eigenvalue weighted by Gasteiger charge is 2.72. The number of esters is 1. The molecule has 0 saturated heterocycles. The van der Waals surface area contributed by atoms with Crippen LogP contribution in [0.25, 0.3) is 0 Å². The Morgan fingerprint density at radius 3 is 2.54 bits per heavy atom. The first-order chi connectivity index (χ1) is 13.0. The van der Waals surface area contributed by atoms with Crippen LogP contribution in [-0.4, -0.2) is 28.7 Å². The van der Waals surface area contributed by atoms with Crippen molar-refractivity contribution in [1.82, 2.24) is 0 Å². The molecule has 1 aromatic heterocycles. The molecule has 0 spiro atoms. The van der Waals surface area contributed by atoms with Crippen LogP contribution in [0.4, 0.5) is 0 Å². The van der Waals surface area contributed by atoms with Crippen molar-refractivity contribution < 1.29 is 28.6 Å². The summed E-state index contributed by atoms with van der Waals surface area (Å²) in [5.74, 6) is -1.27. The second-order valence-electron chi connectivity index (χ2n) is 9.63. The summed E-state index contributed by atoms with van der Waals surface area (Å²) in [7, 11) is 0. The Morgan fingerprint density at radius 1 is 1.25 bits per heavy atom. The van der Waals surface area contributed by atoms with Crippen LogP contribution >= 0.6 is 0 Å². The third-order valence-electron chi connectivity index (χ3n) is 7.64. The summed E-state index contributed by atoms with van der Waals surface area (Å²) in [6, 6.07) is 0. The number of hydrogen-bond acceptors (Lipinski definition) is 6. The van der Waals surface area contributed by atoms with Crippen molar-refractivity contribution in [3.63, 3.8) is 0 Å². The first kappa shape index (κ1) is 19.4. The molecule has 1 aromatic rings. The number of furan rings is 1. The zero-order valence-electron chi connectivity index (χ0n) is 17.1. The normalized spacial score (nSPS) is 39.5. The van der Waals surface area contributed by atoms with E-state index < -0.39 is 28.9 Å². The van der Waals surface area contributed by atoms with Gasteiger partial charge in [0.2, 0.25) is 5.78 Å². The minimum Gasteiger partial charge on any atom is -0.465 e. The van der Waals surface area contributed by atoms with E-state index in [0.29, 0.717) is 30.4 Å². The van der Waals surface area contributed by atoms with Crippen LogP contribution in [-0.2, 0) is 25.3 Å². The van der Waals surface area contributed by atoms with Gasteiger partial charge in [-0.1, -0.05) is 27.7 Å². The highest BCUT2D eigenvalue weighted by molar-refractivity contribution is 6.02. The molecule has 5 atom stereocenters. The molecule has 0 aliphatic heterocycles. The summed E-state index contributed by atoms with van der Waals surface area (Å²) in [6.07, 6.45) is 2.77. The molecule has 0 radical (unpaired) electrons. The summed E-state index contributed by atoms with van der Waals surface area (Å²) >= 11 is 0. The highest BCUT2D eigenvalue weighted by atomic mass is 16.5. The van der Waals surface area contributed by atoms with Crippen molar-refractivity contribution in [2.75, 3.05) is 0 Å². The Bertz CT molecular complexity index is 882. The quantitative estimate of drug-likeness (QED) is 0.782. The summed E-state index contributed by atoms with van der Waals surface area (Å²) in [5, 5.41) is 12.0. The fraction of sp³-hybridized carbons (Fsp3) is 0.682. The number of fused-ring (bicyclic) bond motifs is 2. The fourth-order valence-corrected chi connectivity index (χ4v) is 6.20. The van der Waals surface area contributed by atoms with Gasteiger partial charge in [-0.05, 0) is 30.6 Å². The fourth-order valence-electron chi connectivity index (χ4n) is 6.20. The maximum absolute atomic E-state index is 13.6. The monoisotopic (exact) mass is 388 g/mol. The van der Waals surface area contributed by atoms with Gasteiger partial charge in [-0.25, -0.2) is 0 Å². The smallest absolute Gasteiger partial charge is 0.303 e. The van der Waals surface area contributed by atoms with Gasteiger partial charge in [0.05, 0.1) is 5.56 Å². The van der Waals surface area contributed by atoms with Crippen molar-refractivity contribution in [1.29, 1.82) is 0 Å². The molecule has 0 bridgehead atoms. The minimum absolute atomic E-state index is 0.00123. The number of ketones is 2. The van der Waals surface area contributed by atoms with Gasteiger partial charge in [0.1, 0.15) is 12.0 Å². The van der Waals surface area contributed by atoms with Crippen LogP contribution in [0.15, 0.2) is 10.7 Å². The molecule has 1 N–H and O–H groups in total. The molecule has 6 heteroatoms. The first-order valence-corrected chi connectivity index (χ1v) is 10.1. The maximum atomic E-state index is 13.6. The van der Waals surface area contributed by atoms with Crippen LogP contribution < -0.4 is 0 Å². The molecule has 1 saturated carbocycles. The molecule has 0 amide bonds. The van der Waals surface area contributed by atoms with Gasteiger partial charge in [0.15, 0.2) is 17.5 Å². The zero-order valence-corrected chi connectivity index (χ0v) is 17.1. The molecule has 152 valence electrons. The largest absolute Gasteiger partial charge is 0.465 e. The third kappa shape index (κ3) is 2.15. The van der Waals surface area contributed by atoms with E-state index in [9.17, 15) is 19.5 Å². The molecule has 4 rings (SSSR count). The van der Waals surface area contributed by atoms with E-state index in [1.54, 1.807) is 0 Å². The van der Waals surface area contributed by atoms with Crippen LogP contribution in [0.1, 0.15) is 82.0 Å². The second kappa shape index (κ2) is 5.78. The molecule has 1 heterocycles. The van der Waals surface area contributed by atoms with Gasteiger partial charge in [-0.3, -0.25) is 14.4 Å². The summed E-state index contributed by atoms with van der Waals surface area (Å²) in [5.41, 5.74) is -1.97. The number of rotatable bonds is 2. The van der Waals surface area contributed by atoms with Crippen molar-refractivity contribution >= 4 is 17.5 Å². The standard InChI is InChI=1S/C22H28O6/c1-11(2)15-17(28-12(3)23)18(25)22(26)19-16-13(10-27-19)14(24)6-7-20(16,4)8-9-21(15,22)5/h10-11,15,17,26H,6-9H2,1-5H3/t15-,17+,20-,21+,22+/m1/s1. The Morgan fingerprint density at radius 2 is 1.93 bits per heavy atom. The second-order valence-corrected chi connectivity index (χ2v) is 9.63. The molecule has 3 aliphatic rings. The highest BCUT2D eigenvalue weighted by Crippen LogP contribution is 2.64. The lowest BCUT2D eigenvalue weighted by Gasteiger charge is -2.41. The third-order valence-corrected chi connectivity index (χ3v) is 7.64. The molecular weight excluding hydrogens is 360 g/mol. The van der Waals surface area contributed by atoms with Crippen LogP contribution in [0, 0.1) is 17.3 Å². The topological polar surface area (TPSA) is 93.8 Å². The Labute approximate surface area is 164 Å². The zero-order chi connectivity index (χ0) is 20.6. The van der Waals surface area contributed by atoms with E-state index in [1.165, 1.54) is 13.2 Å². The van der Waals surface area contributed by atoms with E-state index >= 15 is 0 Å². The number of carbonyl (C=O) groups excluding carboxylic acids is 3. The van der Waals surface area contributed by atoms with Gasteiger partial charge < -0.3 is 14.3 Å². The van der Waals surface area contributed by atoms with Crippen molar-refractivity contribution in [2.45, 2.75) is 77.4 Å². The average molecular weight is 388 g/mol. The first-order valence-electron chi connectivity index (χ1n) is 10.1. The lowest BCUT2D eigenvalue weighted by atomic mass is 9.64. The SMILES string of the molecule is CC(=O)O[C@@H]1C(=O)[C@]2(O)c3occ4c3[C@](C)(CCC4=O)CC[C@@]2(C)[C@@H]1C(C)C. The van der Waals surface area contributed by atoms with Crippen LogP contribution in [0.3, 0.4) is 0 Å². The van der Waals surface area contributed by atoms with Gasteiger partial charge in [0.25, 0.3) is 0 Å². The number of Topliss-reactive ketones (excluding diaryl/α,β-unsaturated/α-hetero) is 2. The Hall–Kier alpha value is -1.95. The Kier molecular flexibility index (Phi) is 4.00. The van der Waals surface area contributed by atoms with Gasteiger partial charge in [0, 0.05) is 30.2 Å². The maximum Gasteiger partial charge on any atom is 0.303 e. The number of hydrogen-bond donors (Lipinski definition) is 1. The molecule has 3 aliphatic carbocycles. The van der Waals surface area contributed by atoms with Crippen LogP contribution in [0.5, 0.6) is 0 Å². The van der Waals surface area contributed by atoms with Crippen molar-refractivity contribution in [3.05, 3.63) is 23.2 Å². The summed E-state index contributed by atoms with van der Waals surface area (Å²) in [4.78, 5) is 37.8. The molecule has 28 heavy (non-hydrogen) atoms. The number of aliphatic hydroxyl groups is 1.